The third-order valence-electron chi connectivity index (χ3n) is 1.71. The van der Waals surface area contributed by atoms with Crippen LogP contribution in [0, 0.1) is 0 Å². The average molecular weight is 181 g/mol. The van der Waals surface area contributed by atoms with E-state index >= 15 is 0 Å². The molecule has 0 aliphatic carbocycles. The molecule has 4 nitrogen and oxygen atoms in total. The topological polar surface area (TPSA) is 84.7 Å². The van der Waals surface area contributed by atoms with Gasteiger partial charge in [-0.05, 0) is 24.1 Å². The van der Waals surface area contributed by atoms with Crippen LogP contribution in [0.4, 0.5) is 0 Å². The van der Waals surface area contributed by atoms with E-state index < -0.39 is 12.0 Å². The number of benzene rings is 1. The van der Waals surface area contributed by atoms with Crippen LogP contribution in [-0.4, -0.2) is 22.2 Å². The Morgan fingerprint density at radius 2 is 2.00 bits per heavy atom. The number of hydrogen-bond acceptors (Lipinski definition) is 3. The SMILES string of the molecule is N[C@@H](Cc1ccc([OH+])cc1)C(=O)O. The lowest BCUT2D eigenvalue weighted by molar-refractivity contribution is -0.138. The molecule has 0 aliphatic rings. The first-order valence-electron chi connectivity index (χ1n) is 3.86. The zero-order chi connectivity index (χ0) is 9.84. The Balaban J connectivity index is 2.64. The fraction of sp³-hybridized carbons (Fsp3) is 0.222. The van der Waals surface area contributed by atoms with Crippen molar-refractivity contribution in [2.45, 2.75) is 12.5 Å². The van der Waals surface area contributed by atoms with Crippen LogP contribution < -0.4 is 5.73 Å². The van der Waals surface area contributed by atoms with E-state index in [1.807, 2.05) is 0 Å². The zero-order valence-electron chi connectivity index (χ0n) is 6.97. The number of carboxylic acids is 1. The van der Waals surface area contributed by atoms with Gasteiger partial charge in [0.05, 0.1) is 0 Å². The number of nitrogens with two attached hydrogens (primary N) is 1. The Morgan fingerprint density at radius 1 is 1.46 bits per heavy atom. The molecule has 4 heteroatoms. The molecule has 0 unspecified atom stereocenters. The molecular formula is C9H11NO3+. The fourth-order valence-corrected chi connectivity index (χ4v) is 0.973. The summed E-state index contributed by atoms with van der Waals surface area (Å²) in [4.78, 5) is 10.4. The van der Waals surface area contributed by atoms with E-state index in [9.17, 15) is 4.79 Å². The van der Waals surface area contributed by atoms with Gasteiger partial charge in [0.15, 0.2) is 0 Å². The molecule has 0 saturated carbocycles. The quantitative estimate of drug-likeness (QED) is 0.659. The predicted octanol–water partition coefficient (Wildman–Crippen LogP) is 0.347. The third kappa shape index (κ3) is 2.76. The first kappa shape index (κ1) is 9.54. The van der Waals surface area contributed by atoms with Gasteiger partial charge in [0, 0.05) is 12.1 Å². The monoisotopic (exact) mass is 181 g/mol. The largest absolute Gasteiger partial charge is 0.480 e. The van der Waals surface area contributed by atoms with E-state index in [-0.39, 0.29) is 12.2 Å². The van der Waals surface area contributed by atoms with Crippen molar-refractivity contribution in [1.82, 2.24) is 0 Å². The zero-order valence-corrected chi connectivity index (χ0v) is 6.97. The molecule has 1 aromatic rings. The molecule has 13 heavy (non-hydrogen) atoms. The molecule has 4 N–H and O–H groups in total. The van der Waals surface area contributed by atoms with Gasteiger partial charge in [-0.25, -0.2) is 0 Å². The summed E-state index contributed by atoms with van der Waals surface area (Å²) in [7, 11) is 0. The lowest BCUT2D eigenvalue weighted by Crippen LogP contribution is -2.32. The molecule has 0 amide bonds. The summed E-state index contributed by atoms with van der Waals surface area (Å²) in [6.07, 6.45) is 0.273. The van der Waals surface area contributed by atoms with Crippen molar-refractivity contribution in [2.24, 2.45) is 5.73 Å². The van der Waals surface area contributed by atoms with Gasteiger partial charge in [-0.15, -0.1) is 0 Å². The van der Waals surface area contributed by atoms with Crippen LogP contribution in [0.3, 0.4) is 0 Å². The maximum Gasteiger partial charge on any atom is 0.340 e. The Bertz CT molecular complexity index is 294. The van der Waals surface area contributed by atoms with Crippen molar-refractivity contribution in [2.75, 3.05) is 0 Å². The molecule has 1 radical (unpaired) electrons. The van der Waals surface area contributed by atoms with Gasteiger partial charge >= 0.3 is 11.7 Å². The lowest BCUT2D eigenvalue weighted by Gasteiger charge is -2.04. The first-order chi connectivity index (χ1) is 6.09. The number of aliphatic carboxylic acids is 1. The molecule has 0 aliphatic heterocycles. The van der Waals surface area contributed by atoms with Crippen molar-refractivity contribution >= 4 is 5.97 Å². The Kier molecular flexibility index (Phi) is 2.87. The Morgan fingerprint density at radius 3 is 2.46 bits per heavy atom. The fourth-order valence-electron chi connectivity index (χ4n) is 0.973. The Hall–Kier alpha value is -1.55. The minimum atomic E-state index is -1.02. The maximum absolute atomic E-state index is 10.4. The molecule has 0 heterocycles. The highest BCUT2D eigenvalue weighted by atomic mass is 16.4. The van der Waals surface area contributed by atoms with Crippen molar-refractivity contribution < 1.29 is 15.0 Å². The number of aromatic hydroxyl groups is 1. The number of phenolic OH excluding ortho intramolecular Hbond substituents is 1. The van der Waals surface area contributed by atoms with E-state index in [2.05, 4.69) is 0 Å². The molecular weight excluding hydrogens is 170 g/mol. The molecule has 0 fully saturated rings. The minimum Gasteiger partial charge on any atom is -0.480 e. The van der Waals surface area contributed by atoms with Crippen molar-refractivity contribution in [3.05, 3.63) is 29.8 Å². The number of phenols is 1. The third-order valence-corrected chi connectivity index (χ3v) is 1.71. The van der Waals surface area contributed by atoms with Gasteiger partial charge in [-0.2, -0.15) is 0 Å². The molecule has 1 atom stereocenters. The number of carboxylic acid groups (broad SMARTS) is 1. The molecule has 0 bridgehead atoms. The second kappa shape index (κ2) is 3.91. The van der Waals surface area contributed by atoms with Gasteiger partial charge < -0.3 is 10.8 Å². The van der Waals surface area contributed by atoms with Crippen LogP contribution in [0.15, 0.2) is 24.3 Å². The second-order valence-electron chi connectivity index (χ2n) is 2.82. The molecule has 69 valence electrons. The summed E-state index contributed by atoms with van der Waals surface area (Å²) < 4.78 is 0. The van der Waals surface area contributed by atoms with Crippen LogP contribution in [0.2, 0.25) is 0 Å². The molecule has 0 spiro atoms. The van der Waals surface area contributed by atoms with E-state index in [1.54, 1.807) is 12.1 Å². The summed E-state index contributed by atoms with van der Waals surface area (Å²) in [6.45, 7) is 0. The number of hydrogen-bond donors (Lipinski definition) is 2. The first-order valence-corrected chi connectivity index (χ1v) is 3.86. The van der Waals surface area contributed by atoms with E-state index in [4.69, 9.17) is 15.9 Å². The van der Waals surface area contributed by atoms with E-state index in [1.165, 1.54) is 12.1 Å². The van der Waals surface area contributed by atoms with E-state index in [0.29, 0.717) is 0 Å². The molecule has 1 rings (SSSR count). The average Bonchev–Trinajstić information content (AvgIpc) is 2.08. The summed E-state index contributed by atoms with van der Waals surface area (Å²) in [6, 6.07) is 5.42. The van der Waals surface area contributed by atoms with Crippen LogP contribution in [0.1, 0.15) is 5.56 Å². The molecule has 0 aromatic heterocycles. The predicted molar refractivity (Wildman–Crippen MR) is 47.4 cm³/mol. The summed E-state index contributed by atoms with van der Waals surface area (Å²) >= 11 is 0. The van der Waals surface area contributed by atoms with E-state index in [0.717, 1.165) is 5.56 Å². The lowest BCUT2D eigenvalue weighted by atomic mass is 10.1. The van der Waals surface area contributed by atoms with Gasteiger partial charge in [-0.3, -0.25) is 9.90 Å². The van der Waals surface area contributed by atoms with Gasteiger partial charge in [0.1, 0.15) is 6.04 Å². The summed E-state index contributed by atoms with van der Waals surface area (Å²) in [5.74, 6) is -0.860. The second-order valence-corrected chi connectivity index (χ2v) is 2.82. The van der Waals surface area contributed by atoms with Crippen LogP contribution >= 0.6 is 0 Å². The highest BCUT2D eigenvalue weighted by Gasteiger charge is 2.12. The standard InChI is InChI=1S/C9H11NO3/c10-8(9(12)13)5-6-1-3-7(11)4-2-6/h1-4,8,11H,5,10H2,(H,12,13)/q+1/t8-/m0/s1. The van der Waals surface area contributed by atoms with Gasteiger partial charge in [0.2, 0.25) is 0 Å². The highest BCUT2D eigenvalue weighted by molar-refractivity contribution is 5.73. The van der Waals surface area contributed by atoms with Gasteiger partial charge in [0.25, 0.3) is 0 Å². The van der Waals surface area contributed by atoms with Crippen LogP contribution in [0.5, 0.6) is 5.75 Å². The smallest absolute Gasteiger partial charge is 0.340 e. The maximum atomic E-state index is 10.4. The van der Waals surface area contributed by atoms with Crippen molar-refractivity contribution in [3.63, 3.8) is 0 Å². The normalized spacial score (nSPS) is 12.4. The number of carbonyl (C=O) groups is 1. The van der Waals surface area contributed by atoms with Crippen LogP contribution in [0.25, 0.3) is 0 Å². The van der Waals surface area contributed by atoms with Crippen molar-refractivity contribution in [3.8, 4) is 5.75 Å². The summed E-state index contributed by atoms with van der Waals surface area (Å²) in [5.41, 5.74) is 6.12. The Labute approximate surface area is 75.6 Å². The highest BCUT2D eigenvalue weighted by Crippen LogP contribution is 2.10. The number of rotatable bonds is 3. The molecule has 0 saturated heterocycles. The van der Waals surface area contributed by atoms with Gasteiger partial charge in [-0.1, -0.05) is 0 Å². The minimum absolute atomic E-state index is 0.160. The summed E-state index contributed by atoms with van der Waals surface area (Å²) in [5, 5.41) is 17.5. The van der Waals surface area contributed by atoms with Crippen LogP contribution in [-0.2, 0) is 11.2 Å². The van der Waals surface area contributed by atoms with Crippen molar-refractivity contribution in [1.29, 1.82) is 0 Å². The molecule has 1 aromatic carbocycles.